The highest BCUT2D eigenvalue weighted by Gasteiger charge is 2.42. The summed E-state index contributed by atoms with van der Waals surface area (Å²) in [5, 5.41) is 0. The van der Waals surface area contributed by atoms with E-state index in [0.29, 0.717) is 6.61 Å². The zero-order valence-corrected chi connectivity index (χ0v) is 32.0. The van der Waals surface area contributed by atoms with Crippen LogP contribution in [0.4, 0.5) is 0 Å². The van der Waals surface area contributed by atoms with E-state index in [1.807, 2.05) is 13.0 Å². The molecule has 1 aromatic rings. The van der Waals surface area contributed by atoms with Crippen molar-refractivity contribution in [2.24, 2.45) is 0 Å². The molecular weight excluding hydrogens is 577 g/mol. The molecule has 0 radical (unpaired) electrons. The van der Waals surface area contributed by atoms with Gasteiger partial charge in [-0.3, -0.25) is 0 Å². The Morgan fingerprint density at radius 3 is 1.43 bits per heavy atom. The van der Waals surface area contributed by atoms with Crippen molar-refractivity contribution in [2.75, 3.05) is 6.61 Å². The quantitative estimate of drug-likeness (QED) is 0.0516. The molecule has 0 saturated heterocycles. The fourth-order valence-corrected chi connectivity index (χ4v) is 16.2. The lowest BCUT2D eigenvalue weighted by Crippen LogP contribution is -2.50. The van der Waals surface area contributed by atoms with Crippen LogP contribution < -0.4 is 0 Å². The molecule has 0 fully saturated rings. The smallest absolute Gasteiger partial charge is 0.330 e. The van der Waals surface area contributed by atoms with Gasteiger partial charge in [-0.05, 0) is 54.8 Å². The van der Waals surface area contributed by atoms with Crippen molar-refractivity contribution in [3.8, 4) is 0 Å². The van der Waals surface area contributed by atoms with Crippen LogP contribution in [0.3, 0.4) is 0 Å². The fraction of sp³-hybridized carbons (Fsp3) is 0.763. The van der Waals surface area contributed by atoms with Crippen molar-refractivity contribution >= 4 is 22.6 Å². The summed E-state index contributed by atoms with van der Waals surface area (Å²) in [6.45, 7) is 16.1. The third kappa shape index (κ3) is 16.4. The molecule has 1 rings (SSSR count). The second kappa shape index (κ2) is 24.9. The van der Waals surface area contributed by atoms with Crippen molar-refractivity contribution in [2.45, 2.75) is 180 Å². The van der Waals surface area contributed by atoms with Crippen molar-refractivity contribution in [1.82, 2.24) is 0 Å². The number of carbonyl (C=O) groups excluding carboxylic acids is 1. The summed E-state index contributed by atoms with van der Waals surface area (Å²) in [5.41, 5.74) is 1.28. The Morgan fingerprint density at radius 2 is 1.05 bits per heavy atom. The minimum atomic E-state index is -2.11. The van der Waals surface area contributed by atoms with E-state index in [9.17, 15) is 4.79 Å². The molecule has 0 aliphatic rings. The van der Waals surface area contributed by atoms with Crippen LogP contribution in [0.2, 0.25) is 36.3 Å². The number of hydrogen-bond donors (Lipinski definition) is 0. The fourth-order valence-electron chi connectivity index (χ4n) is 6.38. The van der Waals surface area contributed by atoms with E-state index in [2.05, 4.69) is 71.9 Å². The third-order valence-electron chi connectivity index (χ3n) is 9.06. The molecule has 2 atom stereocenters. The number of carbonyl (C=O) groups is 1. The van der Waals surface area contributed by atoms with Crippen LogP contribution in [-0.4, -0.2) is 41.4 Å². The zero-order chi connectivity index (χ0) is 32.5. The Bertz CT molecular complexity index is 816. The molecule has 0 spiro atoms. The highest BCUT2D eigenvalue weighted by Crippen LogP contribution is 2.36. The Labute approximate surface area is 275 Å². The molecule has 0 unspecified atom stereocenters. The van der Waals surface area contributed by atoms with Crippen LogP contribution in [0.15, 0.2) is 42.5 Å². The van der Waals surface area contributed by atoms with Crippen LogP contribution in [0, 0.1) is 0 Å². The maximum absolute atomic E-state index is 12.7. The van der Waals surface area contributed by atoms with Gasteiger partial charge in [0.15, 0.2) is 16.6 Å². The van der Waals surface area contributed by atoms with Gasteiger partial charge in [0, 0.05) is 12.5 Å². The lowest BCUT2D eigenvalue weighted by molar-refractivity contribution is -0.137. The highest BCUT2D eigenvalue weighted by atomic mass is 28.4. The summed E-state index contributed by atoms with van der Waals surface area (Å²) in [4.78, 5) is 12.7. The van der Waals surface area contributed by atoms with Gasteiger partial charge in [-0.25, -0.2) is 4.79 Å². The summed E-state index contributed by atoms with van der Waals surface area (Å²) < 4.78 is 20.7. The number of esters is 1. The predicted molar refractivity (Wildman–Crippen MR) is 195 cm³/mol. The average molecular weight is 647 g/mol. The van der Waals surface area contributed by atoms with Gasteiger partial charge < -0.3 is 13.6 Å². The lowest BCUT2D eigenvalue weighted by Gasteiger charge is -2.42. The molecule has 0 aliphatic heterocycles. The molecule has 0 amide bonds. The minimum Gasteiger partial charge on any atom is -0.463 e. The Balaban J connectivity index is 3.78. The number of ether oxygens (including phenoxy) is 1. The van der Waals surface area contributed by atoms with Crippen molar-refractivity contribution in [3.05, 3.63) is 48.0 Å². The molecule has 0 heterocycles. The molecule has 6 heteroatoms. The summed E-state index contributed by atoms with van der Waals surface area (Å²) in [6.07, 6.45) is 18.6. The second-order valence-electron chi connectivity index (χ2n) is 13.0. The van der Waals surface area contributed by atoms with Gasteiger partial charge in [0.1, 0.15) is 0 Å². The van der Waals surface area contributed by atoms with Gasteiger partial charge in [-0.1, -0.05) is 149 Å². The minimum absolute atomic E-state index is 0.114. The van der Waals surface area contributed by atoms with Gasteiger partial charge in [0.25, 0.3) is 0 Å². The standard InChI is InChI=1S/C38H70O4Si2/c1-8-15-28-43(29-16-9-2,30-17-10-3)41-36(26-27-38(39)40-14-7)37(34-35-24-22-21-23-25-35)42-44(31-18-11-4,32-19-12-5)33-20-13-6/h21-27,36-37H,8-20,28-34H2,1-7H3/t36-,37-/m0/s1. The maximum atomic E-state index is 12.7. The Kier molecular flexibility index (Phi) is 23.1. The summed E-state index contributed by atoms with van der Waals surface area (Å²) in [7, 11) is -4.19. The van der Waals surface area contributed by atoms with Gasteiger partial charge in [0.05, 0.1) is 18.8 Å². The third-order valence-corrected chi connectivity index (χ3v) is 18.2. The van der Waals surface area contributed by atoms with Gasteiger partial charge in [0.2, 0.25) is 0 Å². The molecule has 254 valence electrons. The van der Waals surface area contributed by atoms with Crippen LogP contribution >= 0.6 is 0 Å². The van der Waals surface area contributed by atoms with E-state index in [1.54, 1.807) is 6.08 Å². The van der Waals surface area contributed by atoms with Crippen LogP contribution in [0.5, 0.6) is 0 Å². The van der Waals surface area contributed by atoms with Crippen LogP contribution in [0.25, 0.3) is 0 Å². The number of hydrogen-bond acceptors (Lipinski definition) is 4. The van der Waals surface area contributed by atoms with Gasteiger partial charge >= 0.3 is 5.97 Å². The van der Waals surface area contributed by atoms with Crippen LogP contribution in [-0.2, 0) is 24.8 Å². The van der Waals surface area contributed by atoms with E-state index < -0.39 is 16.6 Å². The molecule has 0 saturated carbocycles. The van der Waals surface area contributed by atoms with E-state index in [0.717, 1.165) is 6.42 Å². The zero-order valence-electron chi connectivity index (χ0n) is 30.0. The molecule has 0 aliphatic carbocycles. The van der Waals surface area contributed by atoms with Crippen molar-refractivity contribution in [3.63, 3.8) is 0 Å². The first-order chi connectivity index (χ1) is 21.4. The molecule has 0 aromatic heterocycles. The SMILES string of the molecule is CCCC[Si](CCCC)(CCCC)O[C@@H](C=CC(=O)OCC)[C@H](Cc1ccccc1)O[Si](CCCC)(CCCC)CCCC. The predicted octanol–water partition coefficient (Wildman–Crippen LogP) is 11.8. The molecule has 0 N–H and O–H groups in total. The van der Waals surface area contributed by atoms with E-state index >= 15 is 0 Å². The first-order valence-corrected chi connectivity index (χ1v) is 23.7. The summed E-state index contributed by atoms with van der Waals surface area (Å²) in [5.74, 6) is -0.283. The molecule has 44 heavy (non-hydrogen) atoms. The highest BCUT2D eigenvalue weighted by molar-refractivity contribution is 6.74. The molecular formula is C38H70O4Si2. The van der Waals surface area contributed by atoms with Crippen LogP contribution in [0.1, 0.15) is 131 Å². The second-order valence-corrected chi connectivity index (χ2v) is 21.2. The summed E-state index contributed by atoms with van der Waals surface area (Å²) >= 11 is 0. The molecule has 1 aromatic carbocycles. The largest absolute Gasteiger partial charge is 0.463 e. The Morgan fingerprint density at radius 1 is 0.636 bits per heavy atom. The van der Waals surface area contributed by atoms with Gasteiger partial charge in [-0.15, -0.1) is 0 Å². The Hall–Kier alpha value is -1.22. The number of unbranched alkanes of at least 4 members (excludes halogenated alkanes) is 6. The first kappa shape index (κ1) is 40.8. The van der Waals surface area contributed by atoms with E-state index in [-0.39, 0.29) is 18.2 Å². The monoisotopic (exact) mass is 646 g/mol. The first-order valence-electron chi connectivity index (χ1n) is 18.6. The van der Waals surface area contributed by atoms with E-state index in [4.69, 9.17) is 13.6 Å². The molecule has 0 bridgehead atoms. The number of benzene rings is 1. The maximum Gasteiger partial charge on any atom is 0.330 e. The lowest BCUT2D eigenvalue weighted by atomic mass is 10.0. The van der Waals surface area contributed by atoms with Crippen molar-refractivity contribution < 1.29 is 18.4 Å². The normalized spacial score (nSPS) is 13.8. The molecule has 4 nitrogen and oxygen atoms in total. The van der Waals surface area contributed by atoms with Gasteiger partial charge in [-0.2, -0.15) is 0 Å². The topological polar surface area (TPSA) is 44.8 Å². The van der Waals surface area contributed by atoms with E-state index in [1.165, 1.54) is 119 Å². The number of rotatable bonds is 28. The van der Waals surface area contributed by atoms with Crippen molar-refractivity contribution in [1.29, 1.82) is 0 Å². The summed E-state index contributed by atoms with van der Waals surface area (Å²) in [6, 6.07) is 18.0. The average Bonchev–Trinajstić information content (AvgIpc) is 3.04.